The Bertz CT molecular complexity index is 1330. The molecule has 1 atom stereocenters. The van der Waals surface area contributed by atoms with Crippen LogP contribution in [0, 0.1) is 0 Å². The normalized spacial score (nSPS) is 11.7. The molecule has 7 heteroatoms. The molecule has 3 aromatic carbocycles. The maximum absolute atomic E-state index is 13.2. The Hall–Kier alpha value is -3.90. The molecule has 0 fully saturated rings. The summed E-state index contributed by atoms with van der Waals surface area (Å²) in [5.41, 5.74) is 3.22. The Kier molecular flexibility index (Phi) is 6.56. The number of rotatable bonds is 7. The van der Waals surface area contributed by atoms with Gasteiger partial charge in [0.25, 0.3) is 5.91 Å². The number of carbonyl (C=O) groups is 3. The minimum atomic E-state index is -0.861. The zero-order valence-corrected chi connectivity index (χ0v) is 18.6. The summed E-state index contributed by atoms with van der Waals surface area (Å²) >= 11 is 6.18. The van der Waals surface area contributed by atoms with Crippen molar-refractivity contribution in [1.29, 1.82) is 0 Å². The van der Waals surface area contributed by atoms with E-state index in [4.69, 9.17) is 11.6 Å². The van der Waals surface area contributed by atoms with Crippen LogP contribution < -0.4 is 10.6 Å². The van der Waals surface area contributed by atoms with E-state index in [-0.39, 0.29) is 18.1 Å². The molecule has 0 radical (unpaired) electrons. The number of nitrogens with one attached hydrogen (secondary N) is 3. The fraction of sp³-hybridized carbons (Fsp3) is 0.115. The van der Waals surface area contributed by atoms with Gasteiger partial charge in [0.1, 0.15) is 6.04 Å². The second-order valence-electron chi connectivity index (χ2n) is 7.69. The van der Waals surface area contributed by atoms with Crippen molar-refractivity contribution in [1.82, 2.24) is 10.3 Å². The first-order valence-corrected chi connectivity index (χ1v) is 10.8. The summed E-state index contributed by atoms with van der Waals surface area (Å²) in [4.78, 5) is 40.8. The second-order valence-corrected chi connectivity index (χ2v) is 8.10. The summed E-state index contributed by atoms with van der Waals surface area (Å²) in [7, 11) is 0. The van der Waals surface area contributed by atoms with Crippen LogP contribution in [-0.2, 0) is 11.2 Å². The number of ketones is 1. The zero-order chi connectivity index (χ0) is 23.4. The molecule has 4 aromatic rings. The van der Waals surface area contributed by atoms with Crippen LogP contribution in [0.2, 0.25) is 5.02 Å². The number of hydrogen-bond acceptors (Lipinski definition) is 3. The second kappa shape index (κ2) is 9.71. The molecule has 1 heterocycles. The van der Waals surface area contributed by atoms with E-state index in [2.05, 4.69) is 15.6 Å². The van der Waals surface area contributed by atoms with Gasteiger partial charge >= 0.3 is 0 Å². The van der Waals surface area contributed by atoms with Crippen LogP contribution in [0.15, 0.2) is 79.0 Å². The average molecular weight is 460 g/mol. The lowest BCUT2D eigenvalue weighted by molar-refractivity contribution is -0.118. The largest absolute Gasteiger partial charge is 0.361 e. The Morgan fingerprint density at radius 2 is 1.64 bits per heavy atom. The molecule has 0 unspecified atom stereocenters. The third-order valence-electron chi connectivity index (χ3n) is 5.40. The molecule has 4 rings (SSSR count). The van der Waals surface area contributed by atoms with Crippen molar-refractivity contribution < 1.29 is 14.4 Å². The average Bonchev–Trinajstić information content (AvgIpc) is 3.22. The molecule has 0 aliphatic carbocycles. The first kappa shape index (κ1) is 22.3. The topological polar surface area (TPSA) is 91.1 Å². The predicted octanol–water partition coefficient (Wildman–Crippen LogP) is 5.00. The number of anilines is 1. The van der Waals surface area contributed by atoms with Crippen molar-refractivity contribution >= 4 is 45.8 Å². The number of carbonyl (C=O) groups excluding carboxylic acids is 3. The van der Waals surface area contributed by atoms with Crippen molar-refractivity contribution in [3.63, 3.8) is 0 Å². The van der Waals surface area contributed by atoms with E-state index in [0.29, 0.717) is 21.8 Å². The number of halogens is 1. The van der Waals surface area contributed by atoms with Gasteiger partial charge in [-0.2, -0.15) is 0 Å². The number of aromatic amines is 1. The van der Waals surface area contributed by atoms with Gasteiger partial charge < -0.3 is 15.6 Å². The van der Waals surface area contributed by atoms with Crippen molar-refractivity contribution in [2.24, 2.45) is 0 Å². The fourth-order valence-corrected chi connectivity index (χ4v) is 3.85. The summed E-state index contributed by atoms with van der Waals surface area (Å²) in [6.07, 6.45) is 2.12. The lowest BCUT2D eigenvalue weighted by atomic mass is 10.0. The molecule has 0 saturated heterocycles. The van der Waals surface area contributed by atoms with E-state index in [1.807, 2.05) is 30.5 Å². The smallest absolute Gasteiger partial charge is 0.253 e. The van der Waals surface area contributed by atoms with Crippen molar-refractivity contribution in [3.05, 3.63) is 101 Å². The molecule has 33 heavy (non-hydrogen) atoms. The Labute approximate surface area is 196 Å². The number of Topliss-reactive ketones (excluding diaryl/α,β-unsaturated/α-hetero) is 1. The Morgan fingerprint density at radius 1 is 0.939 bits per heavy atom. The monoisotopic (exact) mass is 459 g/mol. The minimum absolute atomic E-state index is 0.0582. The molecule has 0 bridgehead atoms. The van der Waals surface area contributed by atoms with Crippen LogP contribution in [-0.4, -0.2) is 28.6 Å². The van der Waals surface area contributed by atoms with Gasteiger partial charge in [0.05, 0.1) is 10.6 Å². The SMILES string of the molecule is CC(=O)c1ccc(NC(=O)[C@H](Cc2c[nH]c3ccccc23)NC(=O)c2ccccc2Cl)cc1. The molecule has 0 aliphatic heterocycles. The van der Waals surface area contributed by atoms with E-state index in [1.165, 1.54) is 6.92 Å². The maximum Gasteiger partial charge on any atom is 0.253 e. The highest BCUT2D eigenvalue weighted by Crippen LogP contribution is 2.21. The molecule has 6 nitrogen and oxygen atoms in total. The Morgan fingerprint density at radius 3 is 2.36 bits per heavy atom. The summed E-state index contributed by atoms with van der Waals surface area (Å²) in [6, 6.07) is 20.2. The third-order valence-corrected chi connectivity index (χ3v) is 5.73. The highest BCUT2D eigenvalue weighted by Gasteiger charge is 2.24. The lowest BCUT2D eigenvalue weighted by Gasteiger charge is -2.19. The summed E-state index contributed by atoms with van der Waals surface area (Å²) in [6.45, 7) is 1.48. The van der Waals surface area contributed by atoms with Gasteiger partial charge in [-0.05, 0) is 55.0 Å². The third kappa shape index (κ3) is 5.13. The van der Waals surface area contributed by atoms with Crippen LogP contribution in [0.4, 0.5) is 5.69 Å². The molecular weight excluding hydrogens is 438 g/mol. The predicted molar refractivity (Wildman–Crippen MR) is 130 cm³/mol. The fourth-order valence-electron chi connectivity index (χ4n) is 3.63. The van der Waals surface area contributed by atoms with E-state index in [0.717, 1.165) is 16.5 Å². The quantitative estimate of drug-likeness (QED) is 0.339. The maximum atomic E-state index is 13.2. The molecule has 1 aromatic heterocycles. The molecule has 166 valence electrons. The number of fused-ring (bicyclic) bond motifs is 1. The first-order valence-electron chi connectivity index (χ1n) is 10.4. The number of aromatic nitrogens is 1. The number of para-hydroxylation sites is 1. The minimum Gasteiger partial charge on any atom is -0.361 e. The number of H-pyrrole nitrogens is 1. The molecule has 3 N–H and O–H groups in total. The standard InChI is InChI=1S/C26H22ClN3O3/c1-16(31)17-10-12-19(13-11-17)29-26(33)24(30-25(32)21-7-2-4-8-22(21)27)14-18-15-28-23-9-5-3-6-20(18)23/h2-13,15,24,28H,14H2,1H3,(H,29,33)(H,30,32)/t24-/m0/s1. The van der Waals surface area contributed by atoms with E-state index < -0.39 is 11.9 Å². The van der Waals surface area contributed by atoms with Crippen LogP contribution in [0.1, 0.15) is 33.2 Å². The van der Waals surface area contributed by atoms with Gasteiger partial charge in [0.15, 0.2) is 5.78 Å². The molecule has 0 saturated carbocycles. The molecule has 0 aliphatic rings. The first-order chi connectivity index (χ1) is 15.9. The van der Waals surface area contributed by atoms with E-state index in [1.54, 1.807) is 48.5 Å². The highest BCUT2D eigenvalue weighted by atomic mass is 35.5. The molecular formula is C26H22ClN3O3. The van der Waals surface area contributed by atoms with Crippen LogP contribution >= 0.6 is 11.6 Å². The number of hydrogen-bond donors (Lipinski definition) is 3. The number of benzene rings is 3. The van der Waals surface area contributed by atoms with Crippen LogP contribution in [0.3, 0.4) is 0 Å². The zero-order valence-electron chi connectivity index (χ0n) is 17.9. The van der Waals surface area contributed by atoms with Crippen molar-refractivity contribution in [2.75, 3.05) is 5.32 Å². The van der Waals surface area contributed by atoms with Crippen LogP contribution in [0.5, 0.6) is 0 Å². The molecule has 2 amide bonds. The lowest BCUT2D eigenvalue weighted by Crippen LogP contribution is -2.45. The summed E-state index contributed by atoms with van der Waals surface area (Å²) < 4.78 is 0. The Balaban J connectivity index is 1.59. The molecule has 0 spiro atoms. The number of amides is 2. The van der Waals surface area contributed by atoms with Gasteiger partial charge in [0, 0.05) is 34.8 Å². The van der Waals surface area contributed by atoms with E-state index >= 15 is 0 Å². The van der Waals surface area contributed by atoms with Gasteiger partial charge in [-0.25, -0.2) is 0 Å². The summed E-state index contributed by atoms with van der Waals surface area (Å²) in [5.74, 6) is -0.874. The van der Waals surface area contributed by atoms with Gasteiger partial charge in [-0.15, -0.1) is 0 Å². The highest BCUT2D eigenvalue weighted by molar-refractivity contribution is 6.33. The van der Waals surface area contributed by atoms with Gasteiger partial charge in [-0.3, -0.25) is 14.4 Å². The van der Waals surface area contributed by atoms with E-state index in [9.17, 15) is 14.4 Å². The van der Waals surface area contributed by atoms with Crippen molar-refractivity contribution in [3.8, 4) is 0 Å². The summed E-state index contributed by atoms with van der Waals surface area (Å²) in [5, 5.41) is 6.94. The van der Waals surface area contributed by atoms with Gasteiger partial charge in [-0.1, -0.05) is 41.9 Å². The van der Waals surface area contributed by atoms with Crippen molar-refractivity contribution in [2.45, 2.75) is 19.4 Å². The van der Waals surface area contributed by atoms with Crippen LogP contribution in [0.25, 0.3) is 10.9 Å². The van der Waals surface area contributed by atoms with Gasteiger partial charge in [0.2, 0.25) is 5.91 Å².